The van der Waals surface area contributed by atoms with Crippen LogP contribution in [0.1, 0.15) is 37.9 Å². The lowest BCUT2D eigenvalue weighted by Crippen LogP contribution is -2.53. The minimum Gasteiger partial charge on any atom is -0.444 e. The zero-order valence-electron chi connectivity index (χ0n) is 19.9. The van der Waals surface area contributed by atoms with Gasteiger partial charge in [0.05, 0.1) is 6.61 Å². The third kappa shape index (κ3) is 7.78. The molecule has 0 radical (unpaired) electrons. The van der Waals surface area contributed by atoms with E-state index in [1.807, 2.05) is 19.1 Å². The average molecular weight is 488 g/mol. The summed E-state index contributed by atoms with van der Waals surface area (Å²) in [5, 5.41) is 15.1. The maximum Gasteiger partial charge on any atom is 0.408 e. The Morgan fingerprint density at radius 1 is 1.06 bits per heavy atom. The van der Waals surface area contributed by atoms with E-state index >= 15 is 0 Å². The molecule has 184 valence electrons. The number of hydrogen-bond acceptors (Lipinski definition) is 6. The number of hydrogen-bond donors (Lipinski definition) is 4. The predicted octanol–water partition coefficient (Wildman–Crippen LogP) is 3.32. The van der Waals surface area contributed by atoms with E-state index < -0.39 is 35.6 Å². The standard InChI is InChI=1S/C25H33N3O5S/c1-17-10-8-9-13-19(17)26-22(30)21(18-11-6-5-7-12-18)28(14-15-29)23(31)20(16-34)27-24(32)33-25(2,3)4/h5-13,20-21,29,34H,14-16H2,1-4H3,(H,26,30)(H,27,32). The number of amides is 3. The molecule has 3 amide bonds. The van der Waals surface area contributed by atoms with E-state index in [1.165, 1.54) is 4.90 Å². The minimum atomic E-state index is -1.07. The Balaban J connectivity index is 2.39. The zero-order chi connectivity index (χ0) is 25.3. The van der Waals surface area contributed by atoms with Crippen LogP contribution in [-0.4, -0.2) is 58.5 Å². The van der Waals surface area contributed by atoms with Crippen LogP contribution >= 0.6 is 12.6 Å². The van der Waals surface area contributed by atoms with Crippen molar-refractivity contribution >= 4 is 36.2 Å². The van der Waals surface area contributed by atoms with Crippen LogP contribution in [0.15, 0.2) is 54.6 Å². The number of alkyl carbamates (subject to hydrolysis) is 1. The van der Waals surface area contributed by atoms with Crippen molar-refractivity contribution < 1.29 is 24.2 Å². The van der Waals surface area contributed by atoms with Crippen LogP contribution < -0.4 is 10.6 Å². The summed E-state index contributed by atoms with van der Waals surface area (Å²) in [4.78, 5) is 40.6. The first-order valence-corrected chi connectivity index (χ1v) is 11.6. The molecule has 0 spiro atoms. The molecule has 34 heavy (non-hydrogen) atoms. The number of nitrogens with one attached hydrogen (secondary N) is 2. The van der Waals surface area contributed by atoms with E-state index in [2.05, 4.69) is 23.3 Å². The topological polar surface area (TPSA) is 108 Å². The number of para-hydroxylation sites is 1. The highest BCUT2D eigenvalue weighted by Gasteiger charge is 2.35. The zero-order valence-corrected chi connectivity index (χ0v) is 20.8. The second-order valence-electron chi connectivity index (χ2n) is 8.75. The number of nitrogens with zero attached hydrogens (tertiary/aromatic N) is 1. The van der Waals surface area contributed by atoms with Crippen LogP contribution in [0.4, 0.5) is 10.5 Å². The molecule has 8 nitrogen and oxygen atoms in total. The summed E-state index contributed by atoms with van der Waals surface area (Å²) < 4.78 is 5.26. The number of carbonyl (C=O) groups is 3. The maximum absolute atomic E-state index is 13.5. The van der Waals surface area contributed by atoms with Crippen molar-refractivity contribution in [2.75, 3.05) is 24.2 Å². The second-order valence-corrected chi connectivity index (χ2v) is 9.12. The Labute approximate surface area is 206 Å². The number of aliphatic hydroxyl groups is 1. The first kappa shape index (κ1) is 27.2. The molecule has 0 heterocycles. The van der Waals surface area contributed by atoms with Gasteiger partial charge in [0, 0.05) is 18.0 Å². The van der Waals surface area contributed by atoms with E-state index in [0.29, 0.717) is 11.3 Å². The van der Waals surface area contributed by atoms with Gasteiger partial charge in [0.2, 0.25) is 5.91 Å². The summed E-state index contributed by atoms with van der Waals surface area (Å²) in [5.41, 5.74) is 1.29. The fourth-order valence-corrected chi connectivity index (χ4v) is 3.58. The smallest absolute Gasteiger partial charge is 0.408 e. The van der Waals surface area contributed by atoms with Gasteiger partial charge in [0.25, 0.3) is 5.91 Å². The van der Waals surface area contributed by atoms with Crippen molar-refractivity contribution in [1.82, 2.24) is 10.2 Å². The molecule has 0 aliphatic carbocycles. The molecule has 0 fully saturated rings. The molecule has 2 rings (SSSR count). The Hall–Kier alpha value is -3.04. The predicted molar refractivity (Wildman–Crippen MR) is 135 cm³/mol. The summed E-state index contributed by atoms with van der Waals surface area (Å²) in [6.07, 6.45) is -0.774. The molecule has 0 aromatic heterocycles. The first-order valence-electron chi connectivity index (χ1n) is 11.0. The van der Waals surface area contributed by atoms with E-state index in [9.17, 15) is 19.5 Å². The summed E-state index contributed by atoms with van der Waals surface area (Å²) >= 11 is 4.22. The van der Waals surface area contributed by atoms with Crippen LogP contribution in [0.5, 0.6) is 0 Å². The fraction of sp³-hybridized carbons (Fsp3) is 0.400. The van der Waals surface area contributed by atoms with Crippen molar-refractivity contribution in [3.63, 3.8) is 0 Å². The van der Waals surface area contributed by atoms with Crippen molar-refractivity contribution in [3.05, 3.63) is 65.7 Å². The lowest BCUT2D eigenvalue weighted by Gasteiger charge is -2.33. The Morgan fingerprint density at radius 2 is 1.68 bits per heavy atom. The second kappa shape index (κ2) is 12.4. The van der Waals surface area contributed by atoms with E-state index in [1.54, 1.807) is 63.2 Å². The van der Waals surface area contributed by atoms with Gasteiger partial charge in [-0.1, -0.05) is 48.5 Å². The van der Waals surface area contributed by atoms with Crippen molar-refractivity contribution in [2.24, 2.45) is 0 Å². The van der Waals surface area contributed by atoms with Gasteiger partial charge in [0.1, 0.15) is 17.7 Å². The summed E-state index contributed by atoms with van der Waals surface area (Å²) in [6, 6.07) is 14.0. The van der Waals surface area contributed by atoms with Crippen molar-refractivity contribution in [1.29, 1.82) is 0 Å². The van der Waals surface area contributed by atoms with E-state index in [4.69, 9.17) is 4.74 Å². The first-order chi connectivity index (χ1) is 16.1. The number of aryl methyl sites for hydroxylation is 1. The molecular formula is C25H33N3O5S. The fourth-order valence-electron chi connectivity index (χ4n) is 3.33. The maximum atomic E-state index is 13.5. The van der Waals surface area contributed by atoms with Crippen molar-refractivity contribution in [2.45, 2.75) is 45.4 Å². The van der Waals surface area contributed by atoms with Crippen LogP contribution in [-0.2, 0) is 14.3 Å². The van der Waals surface area contributed by atoms with Crippen LogP contribution in [0.25, 0.3) is 0 Å². The summed E-state index contributed by atoms with van der Waals surface area (Å²) in [6.45, 7) is 6.50. The van der Waals surface area contributed by atoms with Gasteiger partial charge in [-0.15, -0.1) is 0 Å². The SMILES string of the molecule is Cc1ccccc1NC(=O)C(c1ccccc1)N(CCO)C(=O)C(CS)NC(=O)OC(C)(C)C. The molecule has 0 aliphatic heterocycles. The van der Waals surface area contributed by atoms with Gasteiger partial charge in [-0.05, 0) is 44.9 Å². The molecule has 2 aromatic carbocycles. The molecule has 3 N–H and O–H groups in total. The highest BCUT2D eigenvalue weighted by atomic mass is 32.1. The molecular weight excluding hydrogens is 454 g/mol. The molecule has 0 bridgehead atoms. The number of rotatable bonds is 9. The average Bonchev–Trinajstić information content (AvgIpc) is 2.78. The normalized spacial score (nSPS) is 12.9. The number of thiol groups is 1. The van der Waals surface area contributed by atoms with Gasteiger partial charge in [-0.25, -0.2) is 4.79 Å². The van der Waals surface area contributed by atoms with Crippen LogP contribution in [0.2, 0.25) is 0 Å². The van der Waals surface area contributed by atoms with Crippen molar-refractivity contribution in [3.8, 4) is 0 Å². The van der Waals surface area contributed by atoms with Crippen LogP contribution in [0.3, 0.4) is 0 Å². The Kier molecular flexibility index (Phi) is 9.95. The quantitative estimate of drug-likeness (QED) is 0.406. The minimum absolute atomic E-state index is 0.0269. The highest BCUT2D eigenvalue weighted by molar-refractivity contribution is 7.80. The number of carbonyl (C=O) groups excluding carboxylic acids is 3. The third-order valence-corrected chi connectivity index (χ3v) is 5.24. The Morgan fingerprint density at radius 3 is 2.24 bits per heavy atom. The van der Waals surface area contributed by atoms with Crippen LogP contribution in [0, 0.1) is 6.92 Å². The van der Waals surface area contributed by atoms with E-state index in [-0.39, 0.29) is 18.9 Å². The molecule has 0 saturated carbocycles. The van der Waals surface area contributed by atoms with Gasteiger partial charge in [-0.3, -0.25) is 9.59 Å². The number of anilines is 1. The summed E-state index contributed by atoms with van der Waals surface area (Å²) in [5.74, 6) is -1.04. The molecule has 2 unspecified atom stereocenters. The van der Waals surface area contributed by atoms with E-state index in [0.717, 1.165) is 5.56 Å². The van der Waals surface area contributed by atoms with Gasteiger partial charge in [-0.2, -0.15) is 12.6 Å². The molecule has 0 saturated heterocycles. The van der Waals surface area contributed by atoms with Gasteiger partial charge >= 0.3 is 6.09 Å². The highest BCUT2D eigenvalue weighted by Crippen LogP contribution is 2.25. The summed E-state index contributed by atoms with van der Waals surface area (Å²) in [7, 11) is 0. The van der Waals surface area contributed by atoms with Gasteiger partial charge in [0.15, 0.2) is 0 Å². The molecule has 2 atom stereocenters. The monoisotopic (exact) mass is 487 g/mol. The largest absolute Gasteiger partial charge is 0.444 e. The lowest BCUT2D eigenvalue weighted by atomic mass is 10.0. The Bertz CT molecular complexity index is 978. The lowest BCUT2D eigenvalue weighted by molar-refractivity contribution is -0.140. The molecule has 0 aliphatic rings. The molecule has 9 heteroatoms. The number of benzene rings is 2. The number of aliphatic hydroxyl groups excluding tert-OH is 1. The molecule has 2 aromatic rings. The van der Waals surface area contributed by atoms with Gasteiger partial charge < -0.3 is 25.4 Å². The number of ether oxygens (including phenoxy) is 1. The third-order valence-electron chi connectivity index (χ3n) is 4.87.